The van der Waals surface area contributed by atoms with Crippen LogP contribution >= 0.6 is 27.5 Å². The van der Waals surface area contributed by atoms with Crippen LogP contribution in [0, 0.1) is 0 Å². The summed E-state index contributed by atoms with van der Waals surface area (Å²) in [6.45, 7) is 3.04. The van der Waals surface area contributed by atoms with Crippen LogP contribution in [-0.2, 0) is 11.3 Å². The van der Waals surface area contributed by atoms with Crippen LogP contribution in [0.1, 0.15) is 12.0 Å². The van der Waals surface area contributed by atoms with Crippen LogP contribution in [0.15, 0.2) is 22.7 Å². The van der Waals surface area contributed by atoms with Gasteiger partial charge in [0.25, 0.3) is 0 Å². The smallest absolute Gasteiger partial charge is 0.0710 e. The van der Waals surface area contributed by atoms with E-state index in [0.717, 1.165) is 35.6 Å². The van der Waals surface area contributed by atoms with E-state index in [1.165, 1.54) is 5.56 Å². The minimum Gasteiger partial charge on any atom is -0.380 e. The Bertz CT molecular complexity index is 372. The number of likely N-dealkylation sites (tertiary alicyclic amines) is 1. The van der Waals surface area contributed by atoms with Crippen LogP contribution in [0.25, 0.3) is 0 Å². The van der Waals surface area contributed by atoms with Crippen LogP contribution in [0.2, 0.25) is 5.02 Å². The molecule has 1 aromatic carbocycles. The Labute approximate surface area is 110 Å². The molecule has 0 spiro atoms. The van der Waals surface area contributed by atoms with Crippen molar-refractivity contribution in [1.82, 2.24) is 4.90 Å². The standard InChI is InChI=1S/C12H15BrClNO/c1-16-11-4-5-15(8-11)7-9-6-10(14)2-3-12(9)13/h2-3,6,11H,4-5,7-8H2,1H3. The molecule has 88 valence electrons. The highest BCUT2D eigenvalue weighted by Crippen LogP contribution is 2.24. The van der Waals surface area contributed by atoms with Gasteiger partial charge in [-0.2, -0.15) is 0 Å². The van der Waals surface area contributed by atoms with E-state index in [1.54, 1.807) is 7.11 Å². The first kappa shape index (κ1) is 12.4. The van der Waals surface area contributed by atoms with Crippen molar-refractivity contribution in [3.8, 4) is 0 Å². The molecular weight excluding hydrogens is 289 g/mol. The Hall–Kier alpha value is -0.0900. The molecule has 16 heavy (non-hydrogen) atoms. The predicted molar refractivity (Wildman–Crippen MR) is 69.8 cm³/mol. The molecule has 1 aliphatic heterocycles. The molecule has 0 radical (unpaired) electrons. The van der Waals surface area contributed by atoms with Gasteiger partial charge in [-0.25, -0.2) is 0 Å². The van der Waals surface area contributed by atoms with Crippen LogP contribution in [0.3, 0.4) is 0 Å². The summed E-state index contributed by atoms with van der Waals surface area (Å²) in [7, 11) is 1.78. The maximum absolute atomic E-state index is 5.99. The van der Waals surface area contributed by atoms with Crippen molar-refractivity contribution in [3.63, 3.8) is 0 Å². The number of nitrogens with zero attached hydrogens (tertiary/aromatic N) is 1. The van der Waals surface area contributed by atoms with Gasteiger partial charge in [-0.3, -0.25) is 4.90 Å². The quantitative estimate of drug-likeness (QED) is 0.849. The lowest BCUT2D eigenvalue weighted by Crippen LogP contribution is -2.22. The lowest BCUT2D eigenvalue weighted by molar-refractivity contribution is 0.107. The Kier molecular flexibility index (Phi) is 4.25. The van der Waals surface area contributed by atoms with Gasteiger partial charge in [0.05, 0.1) is 6.10 Å². The van der Waals surface area contributed by atoms with E-state index in [0.29, 0.717) is 6.10 Å². The maximum atomic E-state index is 5.99. The molecule has 2 rings (SSSR count). The van der Waals surface area contributed by atoms with Gasteiger partial charge >= 0.3 is 0 Å². The third-order valence-electron chi connectivity index (χ3n) is 2.96. The van der Waals surface area contributed by atoms with Crippen LogP contribution < -0.4 is 0 Å². The zero-order valence-corrected chi connectivity index (χ0v) is 11.6. The molecule has 4 heteroatoms. The van der Waals surface area contributed by atoms with E-state index < -0.39 is 0 Å². The zero-order chi connectivity index (χ0) is 11.5. The summed E-state index contributed by atoms with van der Waals surface area (Å²) < 4.78 is 6.48. The molecule has 2 nitrogen and oxygen atoms in total. The summed E-state index contributed by atoms with van der Waals surface area (Å²) in [5.41, 5.74) is 1.24. The van der Waals surface area contributed by atoms with E-state index in [2.05, 4.69) is 20.8 Å². The molecular formula is C12H15BrClNO. The number of halogens is 2. The minimum absolute atomic E-state index is 0.387. The number of hydrogen-bond acceptors (Lipinski definition) is 2. The first-order valence-corrected chi connectivity index (χ1v) is 6.55. The SMILES string of the molecule is COC1CCN(Cc2cc(Cl)ccc2Br)C1. The summed E-state index contributed by atoms with van der Waals surface area (Å²) in [6.07, 6.45) is 1.51. The van der Waals surface area contributed by atoms with Crippen LogP contribution in [-0.4, -0.2) is 31.2 Å². The summed E-state index contributed by atoms with van der Waals surface area (Å²) in [6, 6.07) is 5.92. The minimum atomic E-state index is 0.387. The lowest BCUT2D eigenvalue weighted by Gasteiger charge is -2.16. The van der Waals surface area contributed by atoms with Crippen molar-refractivity contribution in [2.24, 2.45) is 0 Å². The monoisotopic (exact) mass is 303 g/mol. The van der Waals surface area contributed by atoms with E-state index >= 15 is 0 Å². The molecule has 1 fully saturated rings. The van der Waals surface area contributed by atoms with E-state index in [9.17, 15) is 0 Å². The van der Waals surface area contributed by atoms with E-state index in [1.807, 2.05) is 18.2 Å². The third kappa shape index (κ3) is 2.98. The summed E-state index contributed by atoms with van der Waals surface area (Å²) in [5.74, 6) is 0. The van der Waals surface area contributed by atoms with E-state index in [4.69, 9.17) is 16.3 Å². The molecule has 0 aromatic heterocycles. The summed E-state index contributed by atoms with van der Waals surface area (Å²) in [4.78, 5) is 2.39. The molecule has 1 saturated heterocycles. The maximum Gasteiger partial charge on any atom is 0.0710 e. The van der Waals surface area contributed by atoms with Gasteiger partial charge in [-0.05, 0) is 30.2 Å². The van der Waals surface area contributed by atoms with Gasteiger partial charge in [0.15, 0.2) is 0 Å². The van der Waals surface area contributed by atoms with Crippen LogP contribution in [0.4, 0.5) is 0 Å². The molecule has 1 aromatic rings. The van der Waals surface area contributed by atoms with Crippen molar-refractivity contribution in [3.05, 3.63) is 33.3 Å². The van der Waals surface area contributed by atoms with Gasteiger partial charge < -0.3 is 4.74 Å². The molecule has 0 N–H and O–H groups in total. The van der Waals surface area contributed by atoms with Gasteiger partial charge in [-0.1, -0.05) is 27.5 Å². The fourth-order valence-corrected chi connectivity index (χ4v) is 2.61. The average Bonchev–Trinajstić information content (AvgIpc) is 2.71. The number of rotatable bonds is 3. The second-order valence-electron chi connectivity index (χ2n) is 4.12. The zero-order valence-electron chi connectivity index (χ0n) is 9.25. The third-order valence-corrected chi connectivity index (χ3v) is 3.97. The van der Waals surface area contributed by atoms with Crippen molar-refractivity contribution < 1.29 is 4.74 Å². The first-order chi connectivity index (χ1) is 7.69. The molecule has 1 unspecified atom stereocenters. The van der Waals surface area contributed by atoms with Crippen molar-refractivity contribution in [2.75, 3.05) is 20.2 Å². The Morgan fingerprint density at radius 2 is 2.38 bits per heavy atom. The predicted octanol–water partition coefficient (Wildman–Crippen LogP) is 3.32. The molecule has 0 aliphatic carbocycles. The molecule has 0 bridgehead atoms. The highest BCUT2D eigenvalue weighted by molar-refractivity contribution is 9.10. The van der Waals surface area contributed by atoms with Gasteiger partial charge in [-0.15, -0.1) is 0 Å². The Morgan fingerprint density at radius 1 is 1.56 bits per heavy atom. The molecule has 0 saturated carbocycles. The number of hydrogen-bond donors (Lipinski definition) is 0. The molecule has 1 heterocycles. The first-order valence-electron chi connectivity index (χ1n) is 5.38. The van der Waals surface area contributed by atoms with E-state index in [-0.39, 0.29) is 0 Å². The number of ether oxygens (including phenoxy) is 1. The van der Waals surface area contributed by atoms with Gasteiger partial charge in [0.1, 0.15) is 0 Å². The fourth-order valence-electron chi connectivity index (χ4n) is 2.04. The molecule has 1 atom stereocenters. The molecule has 1 aliphatic rings. The Balaban J connectivity index is 2.01. The second-order valence-corrected chi connectivity index (χ2v) is 5.41. The summed E-state index contributed by atoms with van der Waals surface area (Å²) in [5, 5.41) is 0.792. The van der Waals surface area contributed by atoms with Crippen molar-refractivity contribution >= 4 is 27.5 Å². The highest BCUT2D eigenvalue weighted by atomic mass is 79.9. The second kappa shape index (κ2) is 5.50. The number of methoxy groups -OCH3 is 1. The van der Waals surface area contributed by atoms with Gasteiger partial charge in [0.2, 0.25) is 0 Å². The van der Waals surface area contributed by atoms with Crippen LogP contribution in [0.5, 0.6) is 0 Å². The Morgan fingerprint density at radius 3 is 3.06 bits per heavy atom. The fraction of sp³-hybridized carbons (Fsp3) is 0.500. The normalized spacial score (nSPS) is 21.6. The van der Waals surface area contributed by atoms with Crippen molar-refractivity contribution in [1.29, 1.82) is 0 Å². The average molecular weight is 305 g/mol. The van der Waals surface area contributed by atoms with Crippen molar-refractivity contribution in [2.45, 2.75) is 19.1 Å². The topological polar surface area (TPSA) is 12.5 Å². The largest absolute Gasteiger partial charge is 0.380 e. The highest BCUT2D eigenvalue weighted by Gasteiger charge is 2.22. The lowest BCUT2D eigenvalue weighted by atomic mass is 10.2. The number of benzene rings is 1. The summed E-state index contributed by atoms with van der Waals surface area (Å²) >= 11 is 9.55. The van der Waals surface area contributed by atoms with Gasteiger partial charge in [0, 0.05) is 36.2 Å². The molecule has 0 amide bonds.